The molecule has 1 aromatic carbocycles. The smallest absolute Gasteiger partial charge is 0.264 e. The zero-order chi connectivity index (χ0) is 16.5. The normalized spacial score (nSPS) is 20.5. The van der Waals surface area contributed by atoms with E-state index < -0.39 is 0 Å². The molecule has 1 saturated heterocycles. The predicted octanol–water partition coefficient (Wildman–Crippen LogP) is 3.46. The number of hydrogen-bond donors (Lipinski definition) is 0. The molecule has 2 aromatic heterocycles. The van der Waals surface area contributed by atoms with E-state index in [1.54, 1.807) is 0 Å². The van der Waals surface area contributed by atoms with E-state index in [1.807, 2.05) is 41.5 Å². The molecule has 1 amide bonds. The Bertz CT molecular complexity index is 829. The molecular weight excluding hydrogens is 322 g/mol. The van der Waals surface area contributed by atoms with Gasteiger partial charge in [-0.2, -0.15) is 4.98 Å². The molecule has 0 N–H and O–H groups in total. The third-order valence-electron chi connectivity index (χ3n) is 4.60. The summed E-state index contributed by atoms with van der Waals surface area (Å²) in [6, 6.07) is 12.2. The van der Waals surface area contributed by atoms with Crippen LogP contribution < -0.4 is 0 Å². The number of thiophene rings is 1. The zero-order valence-electron chi connectivity index (χ0n) is 13.3. The first kappa shape index (κ1) is 15.1. The molecule has 0 aliphatic carbocycles. The molecule has 1 fully saturated rings. The number of carbonyl (C=O) groups is 1. The topological polar surface area (TPSA) is 59.2 Å². The molecule has 0 radical (unpaired) electrons. The Hall–Kier alpha value is -2.47. The van der Waals surface area contributed by atoms with Gasteiger partial charge in [0.25, 0.3) is 5.91 Å². The van der Waals surface area contributed by atoms with Crippen LogP contribution in [0.3, 0.4) is 0 Å². The predicted molar refractivity (Wildman–Crippen MR) is 91.2 cm³/mol. The van der Waals surface area contributed by atoms with Gasteiger partial charge in [-0.1, -0.05) is 35.5 Å². The van der Waals surface area contributed by atoms with Crippen LogP contribution in [0.2, 0.25) is 0 Å². The Morgan fingerprint density at radius 2 is 2.00 bits per heavy atom. The quantitative estimate of drug-likeness (QED) is 0.733. The summed E-state index contributed by atoms with van der Waals surface area (Å²) in [6.07, 6.45) is 1.35. The largest absolute Gasteiger partial charge is 0.343 e. The molecule has 5 nitrogen and oxygen atoms in total. The van der Waals surface area contributed by atoms with Crippen molar-refractivity contribution in [1.29, 1.82) is 0 Å². The average Bonchev–Trinajstić information content (AvgIpc) is 3.35. The van der Waals surface area contributed by atoms with Gasteiger partial charge in [0.05, 0.1) is 4.88 Å². The third kappa shape index (κ3) is 2.63. The summed E-state index contributed by atoms with van der Waals surface area (Å²) in [4.78, 5) is 19.9. The number of benzene rings is 1. The highest BCUT2D eigenvalue weighted by Gasteiger charge is 2.39. The molecule has 3 heterocycles. The number of likely N-dealkylation sites (tertiary alicyclic amines) is 1. The molecule has 2 atom stereocenters. The minimum atomic E-state index is 0.0513. The molecule has 24 heavy (non-hydrogen) atoms. The molecular formula is C18H17N3O2S. The first-order valence-electron chi connectivity index (χ1n) is 7.88. The summed E-state index contributed by atoms with van der Waals surface area (Å²) in [5.74, 6) is 0.986. The van der Waals surface area contributed by atoms with Crippen LogP contribution in [0, 0.1) is 6.92 Å². The summed E-state index contributed by atoms with van der Waals surface area (Å²) in [5.41, 5.74) is 2.23. The van der Waals surface area contributed by atoms with Gasteiger partial charge in [0.2, 0.25) is 6.39 Å². The maximum Gasteiger partial charge on any atom is 0.264 e. The Morgan fingerprint density at radius 3 is 2.67 bits per heavy atom. The number of nitrogens with zero attached hydrogens (tertiary/aromatic N) is 3. The molecule has 4 rings (SSSR count). The molecule has 1 aliphatic rings. The van der Waals surface area contributed by atoms with Gasteiger partial charge in [-0.25, -0.2) is 0 Å². The Morgan fingerprint density at radius 1 is 1.21 bits per heavy atom. The van der Waals surface area contributed by atoms with Crippen LogP contribution in [-0.2, 0) is 0 Å². The van der Waals surface area contributed by atoms with Crippen LogP contribution >= 0.6 is 11.3 Å². The van der Waals surface area contributed by atoms with Gasteiger partial charge in [0, 0.05) is 24.9 Å². The van der Waals surface area contributed by atoms with E-state index in [0.29, 0.717) is 18.9 Å². The second-order valence-electron chi connectivity index (χ2n) is 6.06. The summed E-state index contributed by atoms with van der Waals surface area (Å²) < 4.78 is 4.94. The van der Waals surface area contributed by atoms with Crippen molar-refractivity contribution in [2.24, 2.45) is 0 Å². The van der Waals surface area contributed by atoms with Crippen molar-refractivity contribution in [3.05, 3.63) is 70.0 Å². The fourth-order valence-corrected chi connectivity index (χ4v) is 4.24. The van der Waals surface area contributed by atoms with Crippen molar-refractivity contribution in [2.45, 2.75) is 18.8 Å². The fourth-order valence-electron chi connectivity index (χ4n) is 3.35. The maximum absolute atomic E-state index is 12.9. The number of rotatable bonds is 3. The van der Waals surface area contributed by atoms with Gasteiger partial charge in [-0.05, 0) is 29.5 Å². The molecule has 122 valence electrons. The second kappa shape index (κ2) is 6.20. The SMILES string of the molecule is Cc1ccsc1C(=O)N1C[C@@H](c2ccccc2)[C@H](c2ncon2)C1. The highest BCUT2D eigenvalue weighted by Crippen LogP contribution is 2.39. The van der Waals surface area contributed by atoms with Crippen LogP contribution in [0.5, 0.6) is 0 Å². The lowest BCUT2D eigenvalue weighted by molar-refractivity contribution is 0.0793. The first-order chi connectivity index (χ1) is 11.7. The van der Waals surface area contributed by atoms with Gasteiger partial charge < -0.3 is 9.42 Å². The van der Waals surface area contributed by atoms with Crippen molar-refractivity contribution in [2.75, 3.05) is 13.1 Å². The molecule has 0 saturated carbocycles. The van der Waals surface area contributed by atoms with E-state index >= 15 is 0 Å². The standard InChI is InChI=1S/C18H17N3O2S/c1-12-7-8-24-16(12)18(22)21-9-14(13-5-3-2-4-6-13)15(10-21)17-19-11-23-20-17/h2-8,11,14-15H,9-10H2,1H3/t14-,15+/m0/s1. The van der Waals surface area contributed by atoms with Crippen LogP contribution in [0.25, 0.3) is 0 Å². The van der Waals surface area contributed by atoms with Crippen molar-refractivity contribution >= 4 is 17.2 Å². The van der Waals surface area contributed by atoms with Crippen LogP contribution in [0.15, 0.2) is 52.7 Å². The summed E-state index contributed by atoms with van der Waals surface area (Å²) in [7, 11) is 0. The van der Waals surface area contributed by atoms with Crippen molar-refractivity contribution in [3.63, 3.8) is 0 Å². The van der Waals surface area contributed by atoms with Crippen LogP contribution in [-0.4, -0.2) is 34.0 Å². The lowest BCUT2D eigenvalue weighted by Gasteiger charge is -2.16. The van der Waals surface area contributed by atoms with Crippen LogP contribution in [0.1, 0.15) is 38.5 Å². The van der Waals surface area contributed by atoms with Crippen molar-refractivity contribution in [1.82, 2.24) is 15.0 Å². The van der Waals surface area contributed by atoms with Gasteiger partial charge in [0.1, 0.15) is 0 Å². The maximum atomic E-state index is 12.9. The van der Waals surface area contributed by atoms with E-state index in [-0.39, 0.29) is 17.7 Å². The van der Waals surface area contributed by atoms with E-state index in [9.17, 15) is 4.79 Å². The minimum absolute atomic E-state index is 0.0513. The lowest BCUT2D eigenvalue weighted by Crippen LogP contribution is -2.28. The highest BCUT2D eigenvalue weighted by molar-refractivity contribution is 7.12. The Kier molecular flexibility index (Phi) is 3.90. The molecule has 6 heteroatoms. The number of aryl methyl sites for hydroxylation is 1. The fraction of sp³-hybridized carbons (Fsp3) is 0.278. The molecule has 3 aromatic rings. The number of aromatic nitrogens is 2. The van der Waals surface area contributed by atoms with E-state index in [4.69, 9.17) is 4.52 Å². The highest BCUT2D eigenvalue weighted by atomic mass is 32.1. The van der Waals surface area contributed by atoms with E-state index in [0.717, 1.165) is 10.4 Å². The van der Waals surface area contributed by atoms with Gasteiger partial charge in [-0.3, -0.25) is 4.79 Å². The molecule has 1 aliphatic heterocycles. The third-order valence-corrected chi connectivity index (χ3v) is 5.61. The summed E-state index contributed by atoms with van der Waals surface area (Å²) in [6.45, 7) is 3.25. The first-order valence-corrected chi connectivity index (χ1v) is 8.76. The Labute approximate surface area is 143 Å². The minimum Gasteiger partial charge on any atom is -0.343 e. The Balaban J connectivity index is 1.66. The molecule has 0 unspecified atom stereocenters. The number of carbonyl (C=O) groups excluding carboxylic acids is 1. The number of amides is 1. The van der Waals surface area contributed by atoms with Gasteiger partial charge in [-0.15, -0.1) is 11.3 Å². The average molecular weight is 339 g/mol. The lowest BCUT2D eigenvalue weighted by atomic mass is 9.88. The van der Waals surface area contributed by atoms with Gasteiger partial charge >= 0.3 is 0 Å². The van der Waals surface area contributed by atoms with Crippen molar-refractivity contribution in [3.8, 4) is 0 Å². The summed E-state index contributed by atoms with van der Waals surface area (Å²) >= 11 is 1.50. The van der Waals surface area contributed by atoms with Crippen LogP contribution in [0.4, 0.5) is 0 Å². The second-order valence-corrected chi connectivity index (χ2v) is 6.97. The monoisotopic (exact) mass is 339 g/mol. The molecule has 0 spiro atoms. The van der Waals surface area contributed by atoms with Crippen molar-refractivity contribution < 1.29 is 9.32 Å². The van der Waals surface area contributed by atoms with E-state index in [2.05, 4.69) is 22.3 Å². The summed E-state index contributed by atoms with van der Waals surface area (Å²) in [5, 5.41) is 5.99. The molecule has 0 bridgehead atoms. The number of hydrogen-bond acceptors (Lipinski definition) is 5. The van der Waals surface area contributed by atoms with E-state index in [1.165, 1.54) is 23.3 Å². The van der Waals surface area contributed by atoms with Gasteiger partial charge in [0.15, 0.2) is 5.82 Å². The zero-order valence-corrected chi connectivity index (χ0v) is 14.1.